The van der Waals surface area contributed by atoms with Crippen LogP contribution in [0.3, 0.4) is 0 Å². The van der Waals surface area contributed by atoms with E-state index < -0.39 is 12.0 Å². The van der Waals surface area contributed by atoms with Gasteiger partial charge in [-0.25, -0.2) is 0 Å². The highest BCUT2D eigenvalue weighted by atomic mass is 16.5. The molecule has 0 saturated heterocycles. The van der Waals surface area contributed by atoms with E-state index in [1.165, 1.54) is 0 Å². The van der Waals surface area contributed by atoms with Gasteiger partial charge in [0.1, 0.15) is 11.5 Å². The Kier molecular flexibility index (Phi) is 6.65. The molecule has 1 N–H and O–H groups in total. The minimum atomic E-state index is -0.609. The molecule has 0 unspecified atom stereocenters. The van der Waals surface area contributed by atoms with Gasteiger partial charge in [0.05, 0.1) is 40.4 Å². The first-order chi connectivity index (χ1) is 18.0. The fourth-order valence-electron chi connectivity index (χ4n) is 5.45. The summed E-state index contributed by atoms with van der Waals surface area (Å²) in [7, 11) is 6.37. The molecule has 0 bridgehead atoms. The molecular formula is C29H30N2O6. The molecule has 2 aliphatic rings. The third-order valence-electron chi connectivity index (χ3n) is 7.25. The largest absolute Gasteiger partial charge is 0.497 e. The molecule has 0 fully saturated rings. The highest BCUT2D eigenvalue weighted by Crippen LogP contribution is 2.48. The molecule has 0 spiro atoms. The lowest BCUT2D eigenvalue weighted by Crippen LogP contribution is -2.50. The average Bonchev–Trinajstić information content (AvgIpc) is 2.95. The molecule has 0 radical (unpaired) electrons. The molecule has 0 aliphatic carbocycles. The van der Waals surface area contributed by atoms with Crippen LogP contribution in [-0.4, -0.2) is 51.7 Å². The smallest absolute Gasteiger partial charge is 0.254 e. The number of nitrogens with zero attached hydrogens (tertiary/aromatic N) is 1. The molecule has 2 heterocycles. The number of carbonyl (C=O) groups is 2. The maximum absolute atomic E-state index is 14.0. The summed E-state index contributed by atoms with van der Waals surface area (Å²) in [5.41, 5.74) is 4.00. The minimum Gasteiger partial charge on any atom is -0.497 e. The molecule has 192 valence electrons. The second kappa shape index (κ2) is 10.0. The third kappa shape index (κ3) is 4.22. The first kappa shape index (κ1) is 24.5. The number of nitrogens with one attached hydrogen (secondary N) is 1. The topological polar surface area (TPSA) is 86.3 Å². The van der Waals surface area contributed by atoms with Crippen molar-refractivity contribution in [2.45, 2.75) is 24.9 Å². The van der Waals surface area contributed by atoms with Crippen LogP contribution in [0.25, 0.3) is 0 Å². The van der Waals surface area contributed by atoms with E-state index in [-0.39, 0.29) is 18.4 Å². The number of ether oxygens (including phenoxy) is 4. The standard InChI is InChI=1S/C29H30N2O6/c1-34-19-9-10-23(35-2)18(13-19)16-30-28(32)26-20-7-5-6-8-21(20)29(33)31-12-11-17-14-24(36-3)25(37-4)15-22(17)27(26)31/h5-10,13-15,26-27H,11-12,16H2,1-4H3,(H,30,32)/t26-,27-/m0/s1. The Bertz CT molecular complexity index is 1350. The summed E-state index contributed by atoms with van der Waals surface area (Å²) < 4.78 is 21.9. The number of hydrogen-bond acceptors (Lipinski definition) is 6. The van der Waals surface area contributed by atoms with Crippen LogP contribution in [0.15, 0.2) is 54.6 Å². The molecule has 0 saturated carbocycles. The number of methoxy groups -OCH3 is 4. The van der Waals surface area contributed by atoms with E-state index >= 15 is 0 Å². The van der Waals surface area contributed by atoms with Crippen LogP contribution in [0.2, 0.25) is 0 Å². The maximum atomic E-state index is 14.0. The molecule has 3 aromatic rings. The second-order valence-corrected chi connectivity index (χ2v) is 9.06. The Labute approximate surface area is 216 Å². The SMILES string of the molecule is COc1ccc(OC)c(CNC(=O)[C@H]2c3ccccc3C(=O)N3CCc4cc(OC)c(OC)cc4[C@@H]23)c1. The van der Waals surface area contributed by atoms with Crippen molar-refractivity contribution in [2.75, 3.05) is 35.0 Å². The van der Waals surface area contributed by atoms with Crippen LogP contribution in [0.5, 0.6) is 23.0 Å². The molecule has 5 rings (SSSR count). The number of fused-ring (bicyclic) bond motifs is 4. The van der Waals surface area contributed by atoms with E-state index in [0.29, 0.717) is 47.1 Å². The van der Waals surface area contributed by atoms with E-state index in [1.54, 1.807) is 34.5 Å². The Balaban J connectivity index is 1.56. The fourth-order valence-corrected chi connectivity index (χ4v) is 5.45. The minimum absolute atomic E-state index is 0.0699. The van der Waals surface area contributed by atoms with E-state index in [2.05, 4.69) is 5.32 Å². The normalized spacial score (nSPS) is 17.7. The van der Waals surface area contributed by atoms with E-state index in [1.807, 2.05) is 53.4 Å². The lowest BCUT2D eigenvalue weighted by molar-refractivity contribution is -0.124. The third-order valence-corrected chi connectivity index (χ3v) is 7.25. The van der Waals surface area contributed by atoms with Gasteiger partial charge in [-0.05, 0) is 59.5 Å². The Morgan fingerprint density at radius 3 is 2.35 bits per heavy atom. The van der Waals surface area contributed by atoms with Gasteiger partial charge in [-0.2, -0.15) is 0 Å². The van der Waals surface area contributed by atoms with Gasteiger partial charge in [-0.3, -0.25) is 9.59 Å². The van der Waals surface area contributed by atoms with Gasteiger partial charge < -0.3 is 29.2 Å². The zero-order valence-electron chi connectivity index (χ0n) is 21.4. The quantitative estimate of drug-likeness (QED) is 0.528. The van der Waals surface area contributed by atoms with Crippen molar-refractivity contribution in [3.63, 3.8) is 0 Å². The second-order valence-electron chi connectivity index (χ2n) is 9.06. The highest BCUT2D eigenvalue weighted by Gasteiger charge is 2.46. The Hall–Kier alpha value is -4.20. The van der Waals surface area contributed by atoms with Crippen molar-refractivity contribution in [3.8, 4) is 23.0 Å². The van der Waals surface area contributed by atoms with Gasteiger partial charge in [0, 0.05) is 24.2 Å². The first-order valence-corrected chi connectivity index (χ1v) is 12.1. The zero-order chi connectivity index (χ0) is 26.1. The van der Waals surface area contributed by atoms with Crippen LogP contribution < -0.4 is 24.3 Å². The van der Waals surface area contributed by atoms with Crippen molar-refractivity contribution in [2.24, 2.45) is 0 Å². The summed E-state index contributed by atoms with van der Waals surface area (Å²) in [5, 5.41) is 3.10. The summed E-state index contributed by atoms with van der Waals surface area (Å²) in [4.78, 5) is 29.3. The van der Waals surface area contributed by atoms with Crippen molar-refractivity contribution in [1.29, 1.82) is 0 Å². The Morgan fingerprint density at radius 2 is 1.62 bits per heavy atom. The number of carbonyl (C=O) groups excluding carboxylic acids is 2. The molecule has 2 atom stereocenters. The van der Waals surface area contributed by atoms with Gasteiger partial charge >= 0.3 is 0 Å². The van der Waals surface area contributed by atoms with Crippen LogP contribution in [-0.2, 0) is 17.8 Å². The summed E-state index contributed by atoms with van der Waals surface area (Å²) >= 11 is 0. The van der Waals surface area contributed by atoms with Gasteiger partial charge in [0.15, 0.2) is 11.5 Å². The van der Waals surface area contributed by atoms with Crippen LogP contribution in [0, 0.1) is 0 Å². The zero-order valence-corrected chi connectivity index (χ0v) is 21.4. The highest BCUT2D eigenvalue weighted by molar-refractivity contribution is 6.01. The Morgan fingerprint density at radius 1 is 0.892 bits per heavy atom. The van der Waals surface area contributed by atoms with Crippen LogP contribution >= 0.6 is 0 Å². The van der Waals surface area contributed by atoms with Crippen molar-refractivity contribution in [1.82, 2.24) is 10.2 Å². The fraction of sp³-hybridized carbons (Fsp3) is 0.310. The number of amides is 2. The van der Waals surface area contributed by atoms with Crippen LogP contribution in [0.4, 0.5) is 0 Å². The summed E-state index contributed by atoms with van der Waals surface area (Å²) in [6.45, 7) is 0.755. The monoisotopic (exact) mass is 502 g/mol. The van der Waals surface area contributed by atoms with Gasteiger partial charge in [0.2, 0.25) is 5.91 Å². The molecule has 2 aliphatic heterocycles. The molecule has 8 nitrogen and oxygen atoms in total. The van der Waals surface area contributed by atoms with Crippen molar-refractivity contribution < 1.29 is 28.5 Å². The predicted molar refractivity (Wildman–Crippen MR) is 138 cm³/mol. The van der Waals surface area contributed by atoms with Gasteiger partial charge in [-0.15, -0.1) is 0 Å². The molecule has 37 heavy (non-hydrogen) atoms. The van der Waals surface area contributed by atoms with E-state index in [4.69, 9.17) is 18.9 Å². The van der Waals surface area contributed by atoms with Crippen LogP contribution in [0.1, 0.15) is 44.6 Å². The number of rotatable bonds is 7. The molecule has 0 aromatic heterocycles. The number of benzene rings is 3. The molecule has 8 heteroatoms. The van der Waals surface area contributed by atoms with Gasteiger partial charge in [-0.1, -0.05) is 18.2 Å². The average molecular weight is 503 g/mol. The van der Waals surface area contributed by atoms with Crippen molar-refractivity contribution in [3.05, 3.63) is 82.4 Å². The molecule has 2 amide bonds. The lowest BCUT2D eigenvalue weighted by atomic mass is 9.75. The maximum Gasteiger partial charge on any atom is 0.254 e. The van der Waals surface area contributed by atoms with Crippen molar-refractivity contribution >= 4 is 11.8 Å². The molecule has 3 aromatic carbocycles. The molecular weight excluding hydrogens is 472 g/mol. The van der Waals surface area contributed by atoms with E-state index in [9.17, 15) is 9.59 Å². The summed E-state index contributed by atoms with van der Waals surface area (Å²) in [5.74, 6) is 1.66. The number of hydrogen-bond donors (Lipinski definition) is 1. The summed E-state index contributed by atoms with van der Waals surface area (Å²) in [6, 6.07) is 16.2. The lowest BCUT2D eigenvalue weighted by Gasteiger charge is -2.45. The summed E-state index contributed by atoms with van der Waals surface area (Å²) in [6.07, 6.45) is 0.662. The van der Waals surface area contributed by atoms with E-state index in [0.717, 1.165) is 16.7 Å². The first-order valence-electron chi connectivity index (χ1n) is 12.1. The predicted octanol–water partition coefficient (Wildman–Crippen LogP) is 3.87. The van der Waals surface area contributed by atoms with Gasteiger partial charge in [0.25, 0.3) is 5.91 Å².